The third-order valence-corrected chi connectivity index (χ3v) is 3.05. The second-order valence-electron chi connectivity index (χ2n) is 5.67. The molecular formula is C15H21N3. The van der Waals surface area contributed by atoms with Gasteiger partial charge in [-0.25, -0.2) is 4.98 Å². The maximum absolute atomic E-state index is 4.04. The molecule has 0 spiro atoms. The number of hydrogen-bond acceptors (Lipinski definition) is 2. The SMILES string of the molecule is CC(C)(C)C(NCc1cnc[nH]1)c1ccccc1. The number of nitrogens with zero attached hydrogens (tertiary/aromatic N) is 1. The summed E-state index contributed by atoms with van der Waals surface area (Å²) in [7, 11) is 0. The maximum Gasteiger partial charge on any atom is 0.0922 e. The largest absolute Gasteiger partial charge is 0.347 e. The number of aromatic amines is 1. The van der Waals surface area contributed by atoms with Crippen LogP contribution in [-0.2, 0) is 6.54 Å². The van der Waals surface area contributed by atoms with E-state index in [4.69, 9.17) is 0 Å². The fourth-order valence-electron chi connectivity index (χ4n) is 2.16. The van der Waals surface area contributed by atoms with Crippen LogP contribution in [0.3, 0.4) is 0 Å². The summed E-state index contributed by atoms with van der Waals surface area (Å²) in [6, 6.07) is 10.9. The topological polar surface area (TPSA) is 40.7 Å². The molecular weight excluding hydrogens is 222 g/mol. The molecule has 1 atom stereocenters. The van der Waals surface area contributed by atoms with Crippen molar-refractivity contribution in [2.45, 2.75) is 33.4 Å². The van der Waals surface area contributed by atoms with Crippen LogP contribution in [0.5, 0.6) is 0 Å². The van der Waals surface area contributed by atoms with Crippen LogP contribution in [0.25, 0.3) is 0 Å². The summed E-state index contributed by atoms with van der Waals surface area (Å²) in [5, 5.41) is 3.61. The van der Waals surface area contributed by atoms with Gasteiger partial charge in [-0.2, -0.15) is 0 Å². The molecule has 1 aromatic carbocycles. The van der Waals surface area contributed by atoms with E-state index in [2.05, 4.69) is 66.4 Å². The average Bonchev–Trinajstić information content (AvgIpc) is 2.82. The lowest BCUT2D eigenvalue weighted by Gasteiger charge is -2.32. The summed E-state index contributed by atoms with van der Waals surface area (Å²) >= 11 is 0. The number of aromatic nitrogens is 2. The Kier molecular flexibility index (Phi) is 3.82. The van der Waals surface area contributed by atoms with E-state index in [1.165, 1.54) is 5.56 Å². The van der Waals surface area contributed by atoms with Gasteiger partial charge in [-0.1, -0.05) is 51.1 Å². The van der Waals surface area contributed by atoms with Gasteiger partial charge in [-0.05, 0) is 11.0 Å². The van der Waals surface area contributed by atoms with Crippen molar-refractivity contribution in [2.24, 2.45) is 5.41 Å². The quantitative estimate of drug-likeness (QED) is 0.865. The van der Waals surface area contributed by atoms with Gasteiger partial charge >= 0.3 is 0 Å². The van der Waals surface area contributed by atoms with Crippen LogP contribution in [-0.4, -0.2) is 9.97 Å². The Morgan fingerprint density at radius 1 is 1.22 bits per heavy atom. The standard InChI is InChI=1S/C15H21N3/c1-15(2,3)14(12-7-5-4-6-8-12)17-10-13-9-16-11-18-13/h4-9,11,14,17H,10H2,1-3H3,(H,16,18). The van der Waals surface area contributed by atoms with Gasteiger partial charge in [0.2, 0.25) is 0 Å². The van der Waals surface area contributed by atoms with Crippen LogP contribution in [0.1, 0.15) is 38.1 Å². The molecule has 0 saturated carbocycles. The highest BCUT2D eigenvalue weighted by Crippen LogP contribution is 2.32. The summed E-state index contributed by atoms with van der Waals surface area (Å²) in [4.78, 5) is 7.16. The molecule has 0 aliphatic carbocycles. The number of H-pyrrole nitrogens is 1. The van der Waals surface area contributed by atoms with E-state index >= 15 is 0 Å². The van der Waals surface area contributed by atoms with Crippen LogP contribution in [0.2, 0.25) is 0 Å². The molecule has 2 N–H and O–H groups in total. The van der Waals surface area contributed by atoms with E-state index in [0.29, 0.717) is 6.04 Å². The molecule has 0 aliphatic rings. The molecule has 0 radical (unpaired) electrons. The van der Waals surface area contributed by atoms with Crippen molar-refractivity contribution in [3.05, 3.63) is 54.1 Å². The normalized spacial score (nSPS) is 13.5. The molecule has 1 aromatic heterocycles. The first-order valence-electron chi connectivity index (χ1n) is 6.33. The molecule has 18 heavy (non-hydrogen) atoms. The maximum atomic E-state index is 4.04. The summed E-state index contributed by atoms with van der Waals surface area (Å²) in [6.07, 6.45) is 3.57. The first kappa shape index (κ1) is 12.8. The van der Waals surface area contributed by atoms with Crippen molar-refractivity contribution in [1.82, 2.24) is 15.3 Å². The van der Waals surface area contributed by atoms with Crippen molar-refractivity contribution >= 4 is 0 Å². The molecule has 0 aliphatic heterocycles. The van der Waals surface area contributed by atoms with Crippen molar-refractivity contribution in [3.63, 3.8) is 0 Å². The van der Waals surface area contributed by atoms with E-state index in [-0.39, 0.29) is 5.41 Å². The van der Waals surface area contributed by atoms with E-state index in [9.17, 15) is 0 Å². The average molecular weight is 243 g/mol. The van der Waals surface area contributed by atoms with Crippen molar-refractivity contribution in [2.75, 3.05) is 0 Å². The van der Waals surface area contributed by atoms with Gasteiger partial charge in [0.15, 0.2) is 0 Å². The summed E-state index contributed by atoms with van der Waals surface area (Å²) in [5.74, 6) is 0. The Labute approximate surface area is 109 Å². The second-order valence-corrected chi connectivity index (χ2v) is 5.67. The van der Waals surface area contributed by atoms with Gasteiger partial charge in [-0.15, -0.1) is 0 Å². The van der Waals surface area contributed by atoms with Crippen LogP contribution < -0.4 is 5.32 Å². The molecule has 1 heterocycles. The van der Waals surface area contributed by atoms with Crippen molar-refractivity contribution < 1.29 is 0 Å². The minimum Gasteiger partial charge on any atom is -0.347 e. The number of imidazole rings is 1. The molecule has 3 nitrogen and oxygen atoms in total. The van der Waals surface area contributed by atoms with Gasteiger partial charge in [0.05, 0.1) is 6.33 Å². The minimum absolute atomic E-state index is 0.168. The zero-order valence-corrected chi connectivity index (χ0v) is 11.3. The molecule has 0 bridgehead atoms. The van der Waals surface area contributed by atoms with Crippen LogP contribution in [0.4, 0.5) is 0 Å². The van der Waals surface area contributed by atoms with E-state index in [1.807, 2.05) is 6.20 Å². The molecule has 0 fully saturated rings. The Morgan fingerprint density at radius 2 is 1.94 bits per heavy atom. The van der Waals surface area contributed by atoms with Crippen molar-refractivity contribution in [3.8, 4) is 0 Å². The fraction of sp³-hybridized carbons (Fsp3) is 0.400. The molecule has 96 valence electrons. The second kappa shape index (κ2) is 5.36. The summed E-state index contributed by atoms with van der Waals surface area (Å²) < 4.78 is 0. The lowest BCUT2D eigenvalue weighted by atomic mass is 9.82. The number of rotatable bonds is 4. The van der Waals surface area contributed by atoms with Gasteiger partial charge in [0.1, 0.15) is 0 Å². The number of nitrogens with one attached hydrogen (secondary N) is 2. The molecule has 1 unspecified atom stereocenters. The highest BCUT2D eigenvalue weighted by Gasteiger charge is 2.25. The van der Waals surface area contributed by atoms with Gasteiger partial charge < -0.3 is 10.3 Å². The highest BCUT2D eigenvalue weighted by molar-refractivity contribution is 5.20. The van der Waals surface area contributed by atoms with Crippen LogP contribution in [0.15, 0.2) is 42.9 Å². The molecule has 2 rings (SSSR count). The predicted molar refractivity (Wildman–Crippen MR) is 74.1 cm³/mol. The zero-order valence-electron chi connectivity index (χ0n) is 11.3. The minimum atomic E-state index is 0.168. The summed E-state index contributed by atoms with van der Waals surface area (Å²) in [6.45, 7) is 7.57. The van der Waals surface area contributed by atoms with E-state index < -0.39 is 0 Å². The zero-order chi connectivity index (χ0) is 13.0. The van der Waals surface area contributed by atoms with Crippen LogP contribution >= 0.6 is 0 Å². The predicted octanol–water partition coefficient (Wildman–Crippen LogP) is 3.29. The Bertz CT molecular complexity index is 454. The third kappa shape index (κ3) is 3.20. The van der Waals surface area contributed by atoms with Gasteiger partial charge in [0, 0.05) is 24.5 Å². The first-order chi connectivity index (χ1) is 8.57. The lowest BCUT2D eigenvalue weighted by molar-refractivity contribution is 0.270. The smallest absolute Gasteiger partial charge is 0.0922 e. The lowest BCUT2D eigenvalue weighted by Crippen LogP contribution is -2.32. The van der Waals surface area contributed by atoms with Crippen molar-refractivity contribution in [1.29, 1.82) is 0 Å². The van der Waals surface area contributed by atoms with Crippen LogP contribution in [0, 0.1) is 5.41 Å². The number of hydrogen-bond donors (Lipinski definition) is 2. The molecule has 0 saturated heterocycles. The molecule has 0 amide bonds. The van der Waals surface area contributed by atoms with E-state index in [0.717, 1.165) is 12.2 Å². The fourth-order valence-corrected chi connectivity index (χ4v) is 2.16. The van der Waals surface area contributed by atoms with Gasteiger partial charge in [0.25, 0.3) is 0 Å². The number of benzene rings is 1. The highest BCUT2D eigenvalue weighted by atomic mass is 15.0. The Balaban J connectivity index is 2.12. The third-order valence-electron chi connectivity index (χ3n) is 3.05. The summed E-state index contributed by atoms with van der Waals surface area (Å²) in [5.41, 5.74) is 2.60. The Hall–Kier alpha value is -1.61. The molecule has 2 aromatic rings. The van der Waals surface area contributed by atoms with Gasteiger partial charge in [-0.3, -0.25) is 0 Å². The van der Waals surface area contributed by atoms with E-state index in [1.54, 1.807) is 6.33 Å². The first-order valence-corrected chi connectivity index (χ1v) is 6.33. The monoisotopic (exact) mass is 243 g/mol. The Morgan fingerprint density at radius 3 is 2.50 bits per heavy atom. The molecule has 3 heteroatoms.